The van der Waals surface area contributed by atoms with Crippen LogP contribution in [0.4, 0.5) is 5.69 Å². The number of methoxy groups -OCH3 is 1. The van der Waals surface area contributed by atoms with Crippen LogP contribution < -0.4 is 14.4 Å². The molecule has 0 aliphatic heterocycles. The summed E-state index contributed by atoms with van der Waals surface area (Å²) < 4.78 is 15.8. The van der Waals surface area contributed by atoms with Crippen LogP contribution in [0.15, 0.2) is 48.5 Å². The van der Waals surface area contributed by atoms with Crippen LogP contribution in [0.3, 0.4) is 0 Å². The lowest BCUT2D eigenvalue weighted by Gasteiger charge is -2.21. The SMILES string of the molecule is CCOc1cc(C(=O)OCC(=O)N(CCC#N)c2ccccc2)ccc1OC. The van der Waals surface area contributed by atoms with Gasteiger partial charge in [-0.05, 0) is 37.3 Å². The van der Waals surface area contributed by atoms with E-state index in [-0.39, 0.29) is 18.5 Å². The molecule has 146 valence electrons. The van der Waals surface area contributed by atoms with E-state index in [1.54, 1.807) is 36.4 Å². The Morgan fingerprint density at radius 2 is 1.86 bits per heavy atom. The molecule has 0 unspecified atom stereocenters. The Kier molecular flexibility index (Phi) is 7.85. The molecule has 0 radical (unpaired) electrons. The van der Waals surface area contributed by atoms with E-state index in [2.05, 4.69) is 0 Å². The van der Waals surface area contributed by atoms with E-state index < -0.39 is 18.5 Å². The van der Waals surface area contributed by atoms with Crippen LogP contribution in [0.2, 0.25) is 0 Å². The second-order valence-electron chi connectivity index (χ2n) is 5.66. The summed E-state index contributed by atoms with van der Waals surface area (Å²) in [5.74, 6) is -0.134. The van der Waals surface area contributed by atoms with E-state index in [0.29, 0.717) is 23.8 Å². The van der Waals surface area contributed by atoms with Crippen molar-refractivity contribution in [1.82, 2.24) is 0 Å². The van der Waals surface area contributed by atoms with Crippen molar-refractivity contribution in [3.63, 3.8) is 0 Å². The molecule has 1 amide bonds. The van der Waals surface area contributed by atoms with Gasteiger partial charge in [0, 0.05) is 12.2 Å². The molecule has 28 heavy (non-hydrogen) atoms. The maximum absolute atomic E-state index is 12.5. The summed E-state index contributed by atoms with van der Waals surface area (Å²) in [6, 6.07) is 15.6. The monoisotopic (exact) mass is 382 g/mol. The van der Waals surface area contributed by atoms with Gasteiger partial charge in [-0.15, -0.1) is 0 Å². The molecule has 7 heteroatoms. The Labute approximate surface area is 164 Å². The number of para-hydroxylation sites is 1. The lowest BCUT2D eigenvalue weighted by atomic mass is 10.2. The molecule has 0 spiro atoms. The first-order valence-electron chi connectivity index (χ1n) is 8.81. The van der Waals surface area contributed by atoms with Gasteiger partial charge >= 0.3 is 5.97 Å². The first-order chi connectivity index (χ1) is 13.6. The number of ether oxygens (including phenoxy) is 3. The number of anilines is 1. The van der Waals surface area contributed by atoms with E-state index in [0.717, 1.165) is 0 Å². The summed E-state index contributed by atoms with van der Waals surface area (Å²) in [6.07, 6.45) is 0.171. The molecule has 0 aliphatic rings. The van der Waals surface area contributed by atoms with Crippen LogP contribution in [0.1, 0.15) is 23.7 Å². The van der Waals surface area contributed by atoms with Crippen molar-refractivity contribution in [1.29, 1.82) is 5.26 Å². The topological polar surface area (TPSA) is 88.9 Å². The van der Waals surface area contributed by atoms with Crippen LogP contribution >= 0.6 is 0 Å². The molecule has 2 aromatic rings. The summed E-state index contributed by atoms with van der Waals surface area (Å²) in [4.78, 5) is 26.3. The molecule has 2 rings (SSSR count). The number of esters is 1. The van der Waals surface area contributed by atoms with Crippen molar-refractivity contribution in [3.05, 3.63) is 54.1 Å². The zero-order valence-electron chi connectivity index (χ0n) is 15.9. The molecule has 7 nitrogen and oxygen atoms in total. The number of amides is 1. The third-order valence-electron chi connectivity index (χ3n) is 3.84. The molecular formula is C21H22N2O5. The van der Waals surface area contributed by atoms with Gasteiger partial charge in [-0.25, -0.2) is 4.79 Å². The fourth-order valence-electron chi connectivity index (χ4n) is 2.53. The average molecular weight is 382 g/mol. The number of nitriles is 1. The average Bonchev–Trinajstić information content (AvgIpc) is 2.73. The van der Waals surface area contributed by atoms with Crippen molar-refractivity contribution in [2.24, 2.45) is 0 Å². The highest BCUT2D eigenvalue weighted by Gasteiger charge is 2.19. The zero-order chi connectivity index (χ0) is 20.4. The fraction of sp³-hybridized carbons (Fsp3) is 0.286. The van der Waals surface area contributed by atoms with Crippen molar-refractivity contribution in [2.45, 2.75) is 13.3 Å². The van der Waals surface area contributed by atoms with Crippen LogP contribution in [0, 0.1) is 11.3 Å². The summed E-state index contributed by atoms with van der Waals surface area (Å²) in [5, 5.41) is 8.83. The summed E-state index contributed by atoms with van der Waals surface area (Å²) in [7, 11) is 1.51. The number of hydrogen-bond acceptors (Lipinski definition) is 6. The molecule has 0 fully saturated rings. The molecule has 0 heterocycles. The van der Waals surface area contributed by atoms with Crippen LogP contribution in [0.25, 0.3) is 0 Å². The molecule has 0 N–H and O–H groups in total. The van der Waals surface area contributed by atoms with Gasteiger partial charge in [0.1, 0.15) is 0 Å². The predicted molar refractivity (Wildman–Crippen MR) is 103 cm³/mol. The Morgan fingerprint density at radius 3 is 2.50 bits per heavy atom. The number of benzene rings is 2. The van der Waals surface area contributed by atoms with Gasteiger partial charge in [0.25, 0.3) is 5.91 Å². The highest BCUT2D eigenvalue weighted by molar-refractivity contribution is 5.97. The van der Waals surface area contributed by atoms with Crippen LogP contribution in [-0.4, -0.2) is 38.7 Å². The van der Waals surface area contributed by atoms with Gasteiger partial charge < -0.3 is 19.1 Å². The third kappa shape index (κ3) is 5.48. The first kappa shape index (κ1) is 20.8. The number of nitrogens with zero attached hydrogens (tertiary/aromatic N) is 2. The van der Waals surface area contributed by atoms with E-state index in [1.807, 2.05) is 19.1 Å². The Morgan fingerprint density at radius 1 is 1.11 bits per heavy atom. The van der Waals surface area contributed by atoms with Crippen molar-refractivity contribution in [3.8, 4) is 17.6 Å². The normalized spacial score (nSPS) is 9.89. The van der Waals surface area contributed by atoms with Gasteiger partial charge in [-0.2, -0.15) is 5.26 Å². The standard InChI is InChI=1S/C21H22N2O5/c1-3-27-19-14-16(10-11-18(19)26-2)21(25)28-15-20(24)23(13-7-12-22)17-8-5-4-6-9-17/h4-6,8-11,14H,3,7,13,15H2,1-2H3. The largest absolute Gasteiger partial charge is 0.493 e. The summed E-state index contributed by atoms with van der Waals surface area (Å²) in [6.45, 7) is 2.02. The van der Waals surface area contributed by atoms with E-state index >= 15 is 0 Å². The summed E-state index contributed by atoms with van der Waals surface area (Å²) >= 11 is 0. The number of hydrogen-bond donors (Lipinski definition) is 0. The molecule has 2 aromatic carbocycles. The molecule has 0 aliphatic carbocycles. The minimum absolute atomic E-state index is 0.171. The Balaban J connectivity index is 2.06. The molecule has 0 saturated heterocycles. The number of rotatable bonds is 9. The summed E-state index contributed by atoms with van der Waals surface area (Å²) in [5.41, 5.74) is 0.891. The fourth-order valence-corrected chi connectivity index (χ4v) is 2.53. The van der Waals surface area contributed by atoms with Crippen LogP contribution in [0.5, 0.6) is 11.5 Å². The zero-order valence-corrected chi connectivity index (χ0v) is 15.9. The Hall–Kier alpha value is -3.53. The van der Waals surface area contributed by atoms with Gasteiger partial charge in [0.05, 0.1) is 31.8 Å². The van der Waals surface area contributed by atoms with E-state index in [1.165, 1.54) is 18.1 Å². The van der Waals surface area contributed by atoms with Gasteiger partial charge in [0.15, 0.2) is 18.1 Å². The molecule has 0 bridgehead atoms. The lowest BCUT2D eigenvalue weighted by Crippen LogP contribution is -2.35. The molecule has 0 aromatic heterocycles. The van der Waals surface area contributed by atoms with Gasteiger partial charge in [-0.1, -0.05) is 18.2 Å². The lowest BCUT2D eigenvalue weighted by molar-refractivity contribution is -0.121. The quantitative estimate of drug-likeness (QED) is 0.619. The van der Waals surface area contributed by atoms with E-state index in [4.69, 9.17) is 19.5 Å². The minimum atomic E-state index is -0.648. The number of carbonyl (C=O) groups excluding carboxylic acids is 2. The second-order valence-corrected chi connectivity index (χ2v) is 5.66. The van der Waals surface area contributed by atoms with Crippen molar-refractivity contribution >= 4 is 17.6 Å². The molecule has 0 atom stereocenters. The van der Waals surface area contributed by atoms with Gasteiger partial charge in [-0.3, -0.25) is 4.79 Å². The Bertz CT molecular complexity index is 846. The third-order valence-corrected chi connectivity index (χ3v) is 3.84. The molecule has 0 saturated carbocycles. The highest BCUT2D eigenvalue weighted by Crippen LogP contribution is 2.28. The maximum Gasteiger partial charge on any atom is 0.338 e. The van der Waals surface area contributed by atoms with Gasteiger partial charge in [0.2, 0.25) is 0 Å². The van der Waals surface area contributed by atoms with Crippen LogP contribution in [-0.2, 0) is 9.53 Å². The predicted octanol–water partition coefficient (Wildman–Crippen LogP) is 3.20. The molecular weight excluding hydrogens is 360 g/mol. The van der Waals surface area contributed by atoms with E-state index in [9.17, 15) is 9.59 Å². The van der Waals surface area contributed by atoms with Crippen molar-refractivity contribution in [2.75, 3.05) is 31.8 Å². The maximum atomic E-state index is 12.5. The smallest absolute Gasteiger partial charge is 0.338 e. The number of carbonyl (C=O) groups is 2. The first-order valence-corrected chi connectivity index (χ1v) is 8.81. The second kappa shape index (κ2) is 10.6. The van der Waals surface area contributed by atoms with Crippen molar-refractivity contribution < 1.29 is 23.8 Å². The minimum Gasteiger partial charge on any atom is -0.493 e. The highest BCUT2D eigenvalue weighted by atomic mass is 16.5.